The van der Waals surface area contributed by atoms with Crippen molar-refractivity contribution in [2.75, 3.05) is 13.2 Å². The fourth-order valence-corrected chi connectivity index (χ4v) is 2.74. The van der Waals surface area contributed by atoms with Gasteiger partial charge in [0.1, 0.15) is 17.7 Å². The summed E-state index contributed by atoms with van der Waals surface area (Å²) in [6, 6.07) is 11.4. The molecule has 2 aromatic carbocycles. The van der Waals surface area contributed by atoms with Crippen LogP contribution in [-0.2, 0) is 4.74 Å². The summed E-state index contributed by atoms with van der Waals surface area (Å²) in [6.45, 7) is 0.725. The molecule has 1 amide bonds. The van der Waals surface area contributed by atoms with Crippen LogP contribution in [-0.4, -0.2) is 42.3 Å². The molecular formula is C19H18FNO5. The molecule has 0 bridgehead atoms. The molecule has 1 aliphatic heterocycles. The highest BCUT2D eigenvalue weighted by Gasteiger charge is 2.29. The maximum atomic E-state index is 13.8. The van der Waals surface area contributed by atoms with Gasteiger partial charge in [0.05, 0.1) is 23.8 Å². The van der Waals surface area contributed by atoms with Gasteiger partial charge in [-0.15, -0.1) is 0 Å². The van der Waals surface area contributed by atoms with Crippen molar-refractivity contribution >= 4 is 11.9 Å². The third-order valence-electron chi connectivity index (χ3n) is 4.13. The van der Waals surface area contributed by atoms with Gasteiger partial charge >= 0.3 is 5.97 Å². The molecule has 1 aliphatic rings. The summed E-state index contributed by atoms with van der Waals surface area (Å²) in [5, 5.41) is 11.7. The van der Waals surface area contributed by atoms with Crippen molar-refractivity contribution in [3.05, 3.63) is 65.5 Å². The summed E-state index contributed by atoms with van der Waals surface area (Å²) in [5.41, 5.74) is 0.130. The Morgan fingerprint density at radius 2 is 1.88 bits per heavy atom. The molecule has 0 radical (unpaired) electrons. The minimum atomic E-state index is -1.02. The van der Waals surface area contributed by atoms with E-state index in [9.17, 15) is 14.0 Å². The van der Waals surface area contributed by atoms with E-state index in [1.54, 1.807) is 18.2 Å². The molecule has 0 spiro atoms. The first-order chi connectivity index (χ1) is 12.5. The Morgan fingerprint density at radius 1 is 1.15 bits per heavy atom. The maximum absolute atomic E-state index is 13.8. The third-order valence-corrected chi connectivity index (χ3v) is 4.13. The number of aromatic carboxylic acids is 1. The molecule has 1 fully saturated rings. The number of amides is 1. The first-order valence-electron chi connectivity index (χ1n) is 8.18. The van der Waals surface area contributed by atoms with Gasteiger partial charge in [-0.05, 0) is 42.8 Å². The van der Waals surface area contributed by atoms with Crippen LogP contribution in [0.2, 0.25) is 0 Å². The van der Waals surface area contributed by atoms with E-state index >= 15 is 0 Å². The summed E-state index contributed by atoms with van der Waals surface area (Å²) in [7, 11) is 0. The average Bonchev–Trinajstić information content (AvgIpc) is 2.64. The summed E-state index contributed by atoms with van der Waals surface area (Å²) in [4.78, 5) is 23.2. The number of carbonyl (C=O) groups is 2. The zero-order valence-electron chi connectivity index (χ0n) is 13.9. The fourth-order valence-electron chi connectivity index (χ4n) is 2.74. The first-order valence-corrected chi connectivity index (χ1v) is 8.18. The quantitative estimate of drug-likeness (QED) is 0.857. The highest BCUT2D eigenvalue weighted by molar-refractivity contribution is 5.94. The third kappa shape index (κ3) is 4.18. The fraction of sp³-hybridized carbons (Fsp3) is 0.263. The molecule has 1 saturated heterocycles. The van der Waals surface area contributed by atoms with Crippen molar-refractivity contribution in [2.45, 2.75) is 18.6 Å². The Labute approximate surface area is 149 Å². The lowest BCUT2D eigenvalue weighted by molar-refractivity contribution is -0.0135. The standard InChI is InChI=1S/C19H18FNO5/c20-15-4-2-1-3-14(15)18(22)21-16-9-10-25-11-17(16)26-13-7-5-12(6-8-13)19(23)24/h1-8,16-17H,9-11H2,(H,21,22)(H,23,24). The van der Waals surface area contributed by atoms with E-state index in [-0.39, 0.29) is 23.8 Å². The van der Waals surface area contributed by atoms with E-state index < -0.39 is 23.8 Å². The molecule has 0 aliphatic carbocycles. The number of rotatable bonds is 5. The van der Waals surface area contributed by atoms with Gasteiger partial charge in [-0.3, -0.25) is 4.79 Å². The number of nitrogens with one attached hydrogen (secondary N) is 1. The highest BCUT2D eigenvalue weighted by Crippen LogP contribution is 2.19. The smallest absolute Gasteiger partial charge is 0.335 e. The molecule has 2 N–H and O–H groups in total. The van der Waals surface area contributed by atoms with Gasteiger partial charge in [0.15, 0.2) is 0 Å². The minimum Gasteiger partial charge on any atom is -0.486 e. The lowest BCUT2D eigenvalue weighted by atomic mass is 10.0. The van der Waals surface area contributed by atoms with Gasteiger partial charge in [-0.25, -0.2) is 9.18 Å². The number of hydrogen-bond donors (Lipinski definition) is 2. The summed E-state index contributed by atoms with van der Waals surface area (Å²) in [6.07, 6.45) is 0.0630. The van der Waals surface area contributed by atoms with Crippen LogP contribution in [0, 0.1) is 5.82 Å². The predicted octanol–water partition coefficient (Wildman–Crippen LogP) is 2.49. The number of carboxylic acid groups (broad SMARTS) is 1. The molecule has 26 heavy (non-hydrogen) atoms. The molecule has 2 aromatic rings. The Kier molecular flexibility index (Phi) is 5.48. The van der Waals surface area contributed by atoms with E-state index in [4.69, 9.17) is 14.6 Å². The lowest BCUT2D eigenvalue weighted by Crippen LogP contribution is -2.51. The van der Waals surface area contributed by atoms with Gasteiger partial charge in [0.25, 0.3) is 5.91 Å². The number of carbonyl (C=O) groups excluding carboxylic acids is 1. The molecule has 6 nitrogen and oxygen atoms in total. The number of hydrogen-bond acceptors (Lipinski definition) is 4. The van der Waals surface area contributed by atoms with Crippen LogP contribution in [0.3, 0.4) is 0 Å². The van der Waals surface area contributed by atoms with Crippen molar-refractivity contribution in [3.63, 3.8) is 0 Å². The topological polar surface area (TPSA) is 84.9 Å². The molecule has 2 unspecified atom stereocenters. The normalized spacial score (nSPS) is 19.6. The molecule has 3 rings (SSSR count). The SMILES string of the molecule is O=C(O)c1ccc(OC2COCCC2NC(=O)c2ccccc2F)cc1. The Hall–Kier alpha value is -2.93. The molecule has 7 heteroatoms. The second-order valence-corrected chi connectivity index (χ2v) is 5.91. The average molecular weight is 359 g/mol. The number of carboxylic acids is 1. The lowest BCUT2D eigenvalue weighted by Gasteiger charge is -2.32. The van der Waals surface area contributed by atoms with Crippen LogP contribution in [0.15, 0.2) is 48.5 Å². The summed E-state index contributed by atoms with van der Waals surface area (Å²) < 4.78 is 25.0. The zero-order chi connectivity index (χ0) is 18.5. The Bertz CT molecular complexity index is 793. The van der Waals surface area contributed by atoms with Crippen LogP contribution in [0.4, 0.5) is 4.39 Å². The molecular weight excluding hydrogens is 341 g/mol. The van der Waals surface area contributed by atoms with Crippen LogP contribution in [0.25, 0.3) is 0 Å². The number of halogens is 1. The van der Waals surface area contributed by atoms with Crippen LogP contribution < -0.4 is 10.1 Å². The molecule has 2 atom stereocenters. The van der Waals surface area contributed by atoms with Gasteiger partial charge < -0.3 is 19.9 Å². The van der Waals surface area contributed by atoms with E-state index in [0.717, 1.165) is 0 Å². The van der Waals surface area contributed by atoms with Gasteiger partial charge in [-0.2, -0.15) is 0 Å². The van der Waals surface area contributed by atoms with Gasteiger partial charge in [0, 0.05) is 6.61 Å². The Morgan fingerprint density at radius 3 is 2.58 bits per heavy atom. The van der Waals surface area contributed by atoms with Crippen LogP contribution in [0.5, 0.6) is 5.75 Å². The van der Waals surface area contributed by atoms with Crippen molar-refractivity contribution < 1.29 is 28.6 Å². The van der Waals surface area contributed by atoms with Crippen molar-refractivity contribution in [1.82, 2.24) is 5.32 Å². The van der Waals surface area contributed by atoms with E-state index in [2.05, 4.69) is 5.32 Å². The van der Waals surface area contributed by atoms with Gasteiger partial charge in [-0.1, -0.05) is 12.1 Å². The maximum Gasteiger partial charge on any atom is 0.335 e. The largest absolute Gasteiger partial charge is 0.486 e. The highest BCUT2D eigenvalue weighted by atomic mass is 19.1. The number of ether oxygens (including phenoxy) is 2. The summed E-state index contributed by atoms with van der Waals surface area (Å²) in [5.74, 6) is -1.65. The van der Waals surface area contributed by atoms with Crippen LogP contribution >= 0.6 is 0 Å². The monoisotopic (exact) mass is 359 g/mol. The molecule has 0 aromatic heterocycles. The van der Waals surface area contributed by atoms with Gasteiger partial charge in [0.2, 0.25) is 0 Å². The second kappa shape index (κ2) is 7.97. The first kappa shape index (κ1) is 17.9. The Balaban J connectivity index is 1.68. The molecule has 136 valence electrons. The minimum absolute atomic E-state index is 0.0245. The number of benzene rings is 2. The molecule has 0 saturated carbocycles. The van der Waals surface area contributed by atoms with Crippen LogP contribution in [0.1, 0.15) is 27.1 Å². The molecule has 1 heterocycles. The van der Waals surface area contributed by atoms with Crippen molar-refractivity contribution in [2.24, 2.45) is 0 Å². The zero-order valence-corrected chi connectivity index (χ0v) is 13.9. The predicted molar refractivity (Wildman–Crippen MR) is 90.9 cm³/mol. The van der Waals surface area contributed by atoms with E-state index in [1.807, 2.05) is 0 Å². The summed E-state index contributed by atoms with van der Waals surface area (Å²) >= 11 is 0. The van der Waals surface area contributed by atoms with Crippen molar-refractivity contribution in [3.8, 4) is 5.75 Å². The second-order valence-electron chi connectivity index (χ2n) is 5.91. The van der Waals surface area contributed by atoms with Crippen molar-refractivity contribution in [1.29, 1.82) is 0 Å². The van der Waals surface area contributed by atoms with E-state index in [0.29, 0.717) is 18.8 Å². The van der Waals surface area contributed by atoms with E-state index in [1.165, 1.54) is 30.3 Å².